The van der Waals surface area contributed by atoms with E-state index in [2.05, 4.69) is 27.7 Å². The molecule has 2 rings (SSSR count). The zero-order valence-electron chi connectivity index (χ0n) is 10.5. The summed E-state index contributed by atoms with van der Waals surface area (Å²) < 4.78 is 3.80. The minimum absolute atomic E-state index is 0.0732. The Morgan fingerprint density at radius 2 is 2.24 bits per heavy atom. The smallest absolute Gasteiger partial charge is 0.0932 e. The van der Waals surface area contributed by atoms with Gasteiger partial charge in [-0.15, -0.1) is 5.10 Å². The zero-order chi connectivity index (χ0) is 12.3. The Hall–Kier alpha value is -1.69. The van der Waals surface area contributed by atoms with Crippen LogP contribution in [-0.4, -0.2) is 31.8 Å². The number of hydrogen-bond donors (Lipinski definition) is 1. The van der Waals surface area contributed by atoms with E-state index in [-0.39, 0.29) is 6.04 Å². The van der Waals surface area contributed by atoms with Gasteiger partial charge in [-0.1, -0.05) is 12.1 Å². The molecule has 6 heteroatoms. The van der Waals surface area contributed by atoms with E-state index in [0.717, 1.165) is 24.4 Å². The van der Waals surface area contributed by atoms with Gasteiger partial charge in [0.25, 0.3) is 0 Å². The third-order valence-corrected chi connectivity index (χ3v) is 2.82. The van der Waals surface area contributed by atoms with Crippen molar-refractivity contribution in [2.45, 2.75) is 25.9 Å². The van der Waals surface area contributed by atoms with E-state index in [1.165, 1.54) is 0 Å². The van der Waals surface area contributed by atoms with Crippen molar-refractivity contribution in [3.63, 3.8) is 0 Å². The molecule has 1 atom stereocenters. The number of aromatic nitrogens is 5. The van der Waals surface area contributed by atoms with Gasteiger partial charge in [-0.3, -0.25) is 4.68 Å². The highest BCUT2D eigenvalue weighted by atomic mass is 15.4. The first kappa shape index (κ1) is 11.8. The number of nitrogens with one attached hydrogen (secondary N) is 1. The van der Waals surface area contributed by atoms with E-state index < -0.39 is 0 Å². The van der Waals surface area contributed by atoms with Gasteiger partial charge in [0.2, 0.25) is 0 Å². The SMILES string of the molecule is CCCn1nncc1C(NC)c1ccnn1C. The van der Waals surface area contributed by atoms with Crippen LogP contribution in [0.3, 0.4) is 0 Å². The van der Waals surface area contributed by atoms with E-state index in [1.54, 1.807) is 6.20 Å². The average Bonchev–Trinajstić information content (AvgIpc) is 2.92. The number of hydrogen-bond acceptors (Lipinski definition) is 4. The lowest BCUT2D eigenvalue weighted by atomic mass is 10.1. The highest BCUT2D eigenvalue weighted by Crippen LogP contribution is 2.19. The van der Waals surface area contributed by atoms with Crippen LogP contribution in [0.2, 0.25) is 0 Å². The normalized spacial score (nSPS) is 12.9. The molecular weight excluding hydrogens is 216 g/mol. The maximum absolute atomic E-state index is 4.20. The van der Waals surface area contributed by atoms with Crippen LogP contribution in [0.25, 0.3) is 0 Å². The molecule has 0 saturated carbocycles. The van der Waals surface area contributed by atoms with E-state index in [9.17, 15) is 0 Å². The van der Waals surface area contributed by atoms with E-state index in [0.29, 0.717) is 0 Å². The molecule has 0 saturated heterocycles. The fraction of sp³-hybridized carbons (Fsp3) is 0.545. The molecule has 2 aromatic heterocycles. The average molecular weight is 234 g/mol. The largest absolute Gasteiger partial charge is 0.307 e. The molecule has 6 nitrogen and oxygen atoms in total. The van der Waals surface area contributed by atoms with Crippen LogP contribution in [0.15, 0.2) is 18.5 Å². The minimum Gasteiger partial charge on any atom is -0.307 e. The Bertz CT molecular complexity index is 472. The van der Waals surface area contributed by atoms with Crippen molar-refractivity contribution in [1.29, 1.82) is 0 Å². The van der Waals surface area contributed by atoms with Crippen molar-refractivity contribution in [3.05, 3.63) is 29.8 Å². The summed E-state index contributed by atoms with van der Waals surface area (Å²) in [5.74, 6) is 0. The molecule has 92 valence electrons. The first-order valence-corrected chi connectivity index (χ1v) is 5.81. The molecule has 0 aliphatic carbocycles. The van der Waals surface area contributed by atoms with Crippen LogP contribution >= 0.6 is 0 Å². The predicted molar refractivity (Wildman–Crippen MR) is 64.4 cm³/mol. The van der Waals surface area contributed by atoms with Crippen molar-refractivity contribution in [3.8, 4) is 0 Å². The number of rotatable bonds is 5. The van der Waals surface area contributed by atoms with Crippen molar-refractivity contribution >= 4 is 0 Å². The molecule has 0 radical (unpaired) electrons. The summed E-state index contributed by atoms with van der Waals surface area (Å²) in [5.41, 5.74) is 2.17. The zero-order valence-corrected chi connectivity index (χ0v) is 10.5. The topological polar surface area (TPSA) is 60.6 Å². The Morgan fingerprint density at radius 3 is 2.82 bits per heavy atom. The minimum atomic E-state index is 0.0732. The molecule has 0 fully saturated rings. The van der Waals surface area contributed by atoms with Crippen molar-refractivity contribution in [2.75, 3.05) is 7.05 Å². The molecule has 0 amide bonds. The second-order valence-corrected chi connectivity index (χ2v) is 3.98. The van der Waals surface area contributed by atoms with Crippen LogP contribution in [0, 0.1) is 0 Å². The maximum atomic E-state index is 4.20. The summed E-state index contributed by atoms with van der Waals surface area (Å²) >= 11 is 0. The summed E-state index contributed by atoms with van der Waals surface area (Å²) in [6.45, 7) is 3.01. The Balaban J connectivity index is 2.35. The molecule has 0 aliphatic rings. The molecule has 0 spiro atoms. The first-order valence-electron chi connectivity index (χ1n) is 5.81. The van der Waals surface area contributed by atoms with Crippen molar-refractivity contribution in [2.24, 2.45) is 7.05 Å². The quantitative estimate of drug-likeness (QED) is 0.828. The standard InChI is InChI=1S/C11H18N6/c1-4-7-17-10(8-13-15-17)11(12-2)9-5-6-14-16(9)3/h5-6,8,11-12H,4,7H2,1-3H3. The molecule has 17 heavy (non-hydrogen) atoms. The summed E-state index contributed by atoms with van der Waals surface area (Å²) in [6.07, 6.45) is 4.65. The predicted octanol–water partition coefficient (Wildman–Crippen LogP) is 0.730. The van der Waals surface area contributed by atoms with E-state index in [1.807, 2.05) is 35.7 Å². The monoisotopic (exact) mass is 234 g/mol. The highest BCUT2D eigenvalue weighted by molar-refractivity contribution is 5.19. The molecule has 0 aliphatic heterocycles. The fourth-order valence-corrected chi connectivity index (χ4v) is 1.99. The molecule has 0 aromatic carbocycles. The van der Waals surface area contributed by atoms with Gasteiger partial charge >= 0.3 is 0 Å². The van der Waals surface area contributed by atoms with Crippen molar-refractivity contribution < 1.29 is 0 Å². The van der Waals surface area contributed by atoms with Gasteiger partial charge in [0.15, 0.2) is 0 Å². The van der Waals surface area contributed by atoms with Crippen LogP contribution in [0.5, 0.6) is 0 Å². The molecule has 0 bridgehead atoms. The summed E-state index contributed by atoms with van der Waals surface area (Å²) in [7, 11) is 3.87. The van der Waals surface area contributed by atoms with E-state index in [4.69, 9.17) is 0 Å². The third-order valence-electron chi connectivity index (χ3n) is 2.82. The summed E-state index contributed by atoms with van der Waals surface area (Å²) in [6, 6.07) is 2.08. The molecule has 2 aromatic rings. The van der Waals surface area contributed by atoms with Gasteiger partial charge in [0.05, 0.1) is 23.6 Å². The lowest BCUT2D eigenvalue weighted by Gasteiger charge is -2.17. The highest BCUT2D eigenvalue weighted by Gasteiger charge is 2.19. The van der Waals surface area contributed by atoms with Crippen LogP contribution in [0.4, 0.5) is 0 Å². The third kappa shape index (κ3) is 2.21. The lowest BCUT2D eigenvalue weighted by molar-refractivity contribution is 0.507. The summed E-state index contributed by atoms with van der Waals surface area (Å²) in [4.78, 5) is 0. The van der Waals surface area contributed by atoms with Crippen LogP contribution in [0.1, 0.15) is 30.8 Å². The molecular formula is C11H18N6. The lowest BCUT2D eigenvalue weighted by Crippen LogP contribution is -2.23. The van der Waals surface area contributed by atoms with Crippen LogP contribution in [-0.2, 0) is 13.6 Å². The van der Waals surface area contributed by atoms with Gasteiger partial charge in [0.1, 0.15) is 0 Å². The second kappa shape index (κ2) is 5.09. The Kier molecular flexibility index (Phi) is 3.53. The first-order chi connectivity index (χ1) is 8.27. The Labute approximate surface area is 101 Å². The van der Waals surface area contributed by atoms with Gasteiger partial charge in [-0.25, -0.2) is 4.68 Å². The summed E-state index contributed by atoms with van der Waals surface area (Å²) in [5, 5.41) is 15.6. The Morgan fingerprint density at radius 1 is 1.41 bits per heavy atom. The van der Waals surface area contributed by atoms with Crippen molar-refractivity contribution in [1.82, 2.24) is 30.1 Å². The van der Waals surface area contributed by atoms with E-state index >= 15 is 0 Å². The van der Waals surface area contributed by atoms with Gasteiger partial charge in [-0.2, -0.15) is 5.10 Å². The van der Waals surface area contributed by atoms with Gasteiger partial charge in [-0.05, 0) is 19.5 Å². The van der Waals surface area contributed by atoms with Crippen LogP contribution < -0.4 is 5.32 Å². The molecule has 2 heterocycles. The number of aryl methyl sites for hydroxylation is 2. The second-order valence-electron chi connectivity index (χ2n) is 3.98. The maximum Gasteiger partial charge on any atom is 0.0932 e. The van der Waals surface area contributed by atoms with Gasteiger partial charge in [0, 0.05) is 19.8 Å². The number of nitrogens with zero attached hydrogens (tertiary/aromatic N) is 5. The van der Waals surface area contributed by atoms with Gasteiger partial charge < -0.3 is 5.32 Å². The molecule has 1 N–H and O–H groups in total. The molecule has 1 unspecified atom stereocenters. The fourth-order valence-electron chi connectivity index (χ4n) is 1.99.